The Hall–Kier alpha value is -1.55. The second-order valence-electron chi connectivity index (χ2n) is 6.78. The molecule has 1 amide bonds. The van der Waals surface area contributed by atoms with Crippen LogP contribution in [0.2, 0.25) is 0 Å². The van der Waals surface area contributed by atoms with E-state index in [9.17, 15) is 4.79 Å². The molecule has 4 nitrogen and oxygen atoms in total. The van der Waals surface area contributed by atoms with Gasteiger partial charge in [-0.05, 0) is 38.8 Å². The largest absolute Gasteiger partial charge is 0.496 e. The molecule has 0 radical (unpaired) electrons. The van der Waals surface area contributed by atoms with E-state index in [1.54, 1.807) is 7.11 Å². The number of likely N-dealkylation sites (N-methyl/N-ethyl adjacent to an activating group) is 1. The lowest BCUT2D eigenvalue weighted by Crippen LogP contribution is -2.44. The van der Waals surface area contributed by atoms with Gasteiger partial charge in [-0.2, -0.15) is 0 Å². The van der Waals surface area contributed by atoms with Gasteiger partial charge < -0.3 is 10.1 Å². The van der Waals surface area contributed by atoms with Crippen LogP contribution in [-0.2, 0) is 4.79 Å². The molecule has 0 aromatic heterocycles. The number of nitrogens with zero attached hydrogens (tertiary/aromatic N) is 1. The highest BCUT2D eigenvalue weighted by atomic mass is 16.5. The molecule has 4 heteroatoms. The molecule has 1 aliphatic carbocycles. The lowest BCUT2D eigenvalue weighted by atomic mass is 9.85. The Balaban J connectivity index is 1.91. The summed E-state index contributed by atoms with van der Waals surface area (Å²) in [4.78, 5) is 14.6. The molecule has 3 unspecified atom stereocenters. The van der Waals surface area contributed by atoms with Crippen LogP contribution in [-0.4, -0.2) is 37.6 Å². The Morgan fingerprint density at radius 2 is 2.04 bits per heavy atom. The van der Waals surface area contributed by atoms with Gasteiger partial charge in [-0.25, -0.2) is 0 Å². The first-order chi connectivity index (χ1) is 11.0. The minimum atomic E-state index is -0.0594. The van der Waals surface area contributed by atoms with E-state index in [1.807, 2.05) is 31.2 Å². The maximum Gasteiger partial charge on any atom is 0.234 e. The molecule has 1 N–H and O–H groups in total. The van der Waals surface area contributed by atoms with Crippen molar-refractivity contribution in [2.24, 2.45) is 5.92 Å². The molecule has 1 aromatic carbocycles. The summed E-state index contributed by atoms with van der Waals surface area (Å²) in [5.74, 6) is 1.56. The number of hydrogen-bond acceptors (Lipinski definition) is 3. The van der Waals surface area contributed by atoms with Crippen LogP contribution >= 0.6 is 0 Å². The number of nitrogens with one attached hydrogen (secondary N) is 1. The van der Waals surface area contributed by atoms with E-state index in [1.165, 1.54) is 25.7 Å². The zero-order chi connectivity index (χ0) is 16.8. The van der Waals surface area contributed by atoms with Gasteiger partial charge in [-0.15, -0.1) is 0 Å². The molecule has 2 rings (SSSR count). The van der Waals surface area contributed by atoms with Crippen LogP contribution in [0.15, 0.2) is 24.3 Å². The number of amides is 1. The minimum absolute atomic E-state index is 0.0594. The molecule has 1 saturated carbocycles. The Morgan fingerprint density at radius 3 is 2.74 bits per heavy atom. The van der Waals surface area contributed by atoms with Crippen LogP contribution in [0, 0.1) is 5.92 Å². The average molecular weight is 318 g/mol. The Labute approximate surface area is 140 Å². The van der Waals surface area contributed by atoms with Crippen LogP contribution in [0.4, 0.5) is 0 Å². The van der Waals surface area contributed by atoms with Crippen molar-refractivity contribution in [1.82, 2.24) is 10.2 Å². The van der Waals surface area contributed by atoms with Gasteiger partial charge in [0.15, 0.2) is 0 Å². The number of ether oxygens (including phenoxy) is 1. The van der Waals surface area contributed by atoms with Gasteiger partial charge in [-0.3, -0.25) is 9.69 Å². The highest BCUT2D eigenvalue weighted by molar-refractivity contribution is 5.78. The highest BCUT2D eigenvalue weighted by Gasteiger charge is 2.26. The standard InChI is InChI=1S/C19H30N2O2/c1-14-9-5-7-11-17(14)21(3)13-19(22)20-15(2)16-10-6-8-12-18(16)23-4/h6,8,10,12,14-15,17H,5,7,9,11,13H2,1-4H3,(H,20,22). The van der Waals surface area contributed by atoms with Crippen LogP contribution in [0.25, 0.3) is 0 Å². The third-order valence-corrected chi connectivity index (χ3v) is 5.01. The number of methoxy groups -OCH3 is 1. The summed E-state index contributed by atoms with van der Waals surface area (Å²) >= 11 is 0. The van der Waals surface area contributed by atoms with Gasteiger partial charge >= 0.3 is 0 Å². The van der Waals surface area contributed by atoms with Crippen LogP contribution in [0.3, 0.4) is 0 Å². The van der Waals surface area contributed by atoms with E-state index in [2.05, 4.69) is 24.2 Å². The third kappa shape index (κ3) is 4.71. The second-order valence-corrected chi connectivity index (χ2v) is 6.78. The van der Waals surface area contributed by atoms with E-state index in [-0.39, 0.29) is 11.9 Å². The molecular formula is C19H30N2O2. The zero-order valence-corrected chi connectivity index (χ0v) is 14.8. The fourth-order valence-electron chi connectivity index (χ4n) is 3.68. The molecule has 1 fully saturated rings. The van der Waals surface area contributed by atoms with Crippen molar-refractivity contribution < 1.29 is 9.53 Å². The van der Waals surface area contributed by atoms with Crippen LogP contribution in [0.1, 0.15) is 51.1 Å². The molecule has 0 heterocycles. The topological polar surface area (TPSA) is 41.6 Å². The Kier molecular flexibility index (Phi) is 6.46. The van der Waals surface area contributed by atoms with E-state index in [4.69, 9.17) is 4.74 Å². The summed E-state index contributed by atoms with van der Waals surface area (Å²) in [6, 6.07) is 8.29. The van der Waals surface area contributed by atoms with Crippen molar-refractivity contribution in [1.29, 1.82) is 0 Å². The van der Waals surface area contributed by atoms with Gasteiger partial charge in [0, 0.05) is 11.6 Å². The first kappa shape index (κ1) is 17.8. The predicted octanol–water partition coefficient (Wildman–Crippen LogP) is 3.38. The molecule has 1 aromatic rings. The lowest BCUT2D eigenvalue weighted by Gasteiger charge is -2.36. The molecular weight excluding hydrogens is 288 g/mol. The molecule has 0 saturated heterocycles. The smallest absolute Gasteiger partial charge is 0.234 e. The Bertz CT molecular complexity index is 518. The molecule has 1 aliphatic rings. The lowest BCUT2D eigenvalue weighted by molar-refractivity contribution is -0.123. The molecule has 0 aliphatic heterocycles. The van der Waals surface area contributed by atoms with E-state index < -0.39 is 0 Å². The van der Waals surface area contributed by atoms with Crippen LogP contribution < -0.4 is 10.1 Å². The molecule has 0 spiro atoms. The van der Waals surface area contributed by atoms with Crippen molar-refractivity contribution in [3.8, 4) is 5.75 Å². The van der Waals surface area contributed by atoms with Crippen molar-refractivity contribution in [2.75, 3.05) is 20.7 Å². The first-order valence-corrected chi connectivity index (χ1v) is 8.65. The number of rotatable bonds is 6. The fourth-order valence-corrected chi connectivity index (χ4v) is 3.68. The van der Waals surface area contributed by atoms with Gasteiger partial charge in [0.2, 0.25) is 5.91 Å². The molecule has 128 valence electrons. The monoisotopic (exact) mass is 318 g/mol. The predicted molar refractivity (Wildman–Crippen MR) is 93.6 cm³/mol. The van der Waals surface area contributed by atoms with Crippen molar-refractivity contribution in [3.05, 3.63) is 29.8 Å². The molecule has 0 bridgehead atoms. The van der Waals surface area contributed by atoms with Gasteiger partial charge in [0.05, 0.1) is 19.7 Å². The quantitative estimate of drug-likeness (QED) is 0.874. The average Bonchev–Trinajstić information content (AvgIpc) is 2.54. The summed E-state index contributed by atoms with van der Waals surface area (Å²) in [7, 11) is 3.73. The first-order valence-electron chi connectivity index (χ1n) is 8.65. The van der Waals surface area contributed by atoms with Gasteiger partial charge in [0.1, 0.15) is 5.75 Å². The number of carbonyl (C=O) groups is 1. The van der Waals surface area contributed by atoms with Crippen LogP contribution in [0.5, 0.6) is 5.75 Å². The highest BCUT2D eigenvalue weighted by Crippen LogP contribution is 2.27. The summed E-state index contributed by atoms with van der Waals surface area (Å²) in [5, 5.41) is 3.10. The summed E-state index contributed by atoms with van der Waals surface area (Å²) in [6.07, 6.45) is 5.07. The maximum absolute atomic E-state index is 12.4. The fraction of sp³-hybridized carbons (Fsp3) is 0.632. The number of hydrogen-bond donors (Lipinski definition) is 1. The van der Waals surface area contributed by atoms with Gasteiger partial charge in [-0.1, -0.05) is 38.0 Å². The number of benzene rings is 1. The van der Waals surface area contributed by atoms with Crippen molar-refractivity contribution in [2.45, 2.75) is 51.6 Å². The Morgan fingerprint density at radius 1 is 1.35 bits per heavy atom. The molecule has 23 heavy (non-hydrogen) atoms. The number of carbonyl (C=O) groups excluding carboxylic acids is 1. The van der Waals surface area contributed by atoms with Crippen molar-refractivity contribution in [3.63, 3.8) is 0 Å². The van der Waals surface area contributed by atoms with Crippen molar-refractivity contribution >= 4 is 5.91 Å². The minimum Gasteiger partial charge on any atom is -0.496 e. The number of para-hydroxylation sites is 1. The van der Waals surface area contributed by atoms with E-state index in [0.717, 1.165) is 11.3 Å². The molecule has 3 atom stereocenters. The maximum atomic E-state index is 12.4. The normalized spacial score (nSPS) is 22.7. The second kappa shape index (κ2) is 8.34. The van der Waals surface area contributed by atoms with E-state index in [0.29, 0.717) is 18.5 Å². The summed E-state index contributed by atoms with van der Waals surface area (Å²) in [5.41, 5.74) is 1.01. The SMILES string of the molecule is COc1ccccc1C(C)NC(=O)CN(C)C1CCCCC1C. The van der Waals surface area contributed by atoms with E-state index >= 15 is 0 Å². The summed E-state index contributed by atoms with van der Waals surface area (Å²) < 4.78 is 5.38. The summed E-state index contributed by atoms with van der Waals surface area (Å²) in [6.45, 7) is 4.75. The zero-order valence-electron chi connectivity index (χ0n) is 14.8. The third-order valence-electron chi connectivity index (χ3n) is 5.01. The van der Waals surface area contributed by atoms with Gasteiger partial charge in [0.25, 0.3) is 0 Å².